The number of thiophene rings is 1. The van der Waals surface area contributed by atoms with Crippen LogP contribution in [0.15, 0.2) is 29.6 Å². The van der Waals surface area contributed by atoms with Crippen LogP contribution in [0, 0.1) is 0 Å². The Morgan fingerprint density at radius 1 is 1.35 bits per heavy atom. The number of fused-ring (bicyclic) bond motifs is 1. The third-order valence-electron chi connectivity index (χ3n) is 3.47. The van der Waals surface area contributed by atoms with E-state index in [2.05, 4.69) is 22.1 Å². The summed E-state index contributed by atoms with van der Waals surface area (Å²) >= 11 is 1.70. The maximum absolute atomic E-state index is 11.9. The van der Waals surface area contributed by atoms with Crippen molar-refractivity contribution in [2.75, 3.05) is 25.0 Å². The summed E-state index contributed by atoms with van der Waals surface area (Å²) in [6.45, 7) is 2.08. The first-order chi connectivity index (χ1) is 9.81. The van der Waals surface area contributed by atoms with E-state index in [1.807, 2.05) is 18.2 Å². The van der Waals surface area contributed by atoms with Gasteiger partial charge in [0.15, 0.2) is 0 Å². The zero-order chi connectivity index (χ0) is 13.8. The van der Waals surface area contributed by atoms with Crippen molar-refractivity contribution in [3.63, 3.8) is 0 Å². The van der Waals surface area contributed by atoms with Gasteiger partial charge in [0, 0.05) is 10.4 Å². The van der Waals surface area contributed by atoms with Crippen molar-refractivity contribution in [2.45, 2.75) is 18.9 Å². The van der Waals surface area contributed by atoms with Gasteiger partial charge in [-0.25, -0.2) is 0 Å². The Bertz CT molecular complexity index is 590. The highest BCUT2D eigenvalue weighted by Gasteiger charge is 2.14. The molecule has 0 atom stereocenters. The highest BCUT2D eigenvalue weighted by Crippen LogP contribution is 2.23. The van der Waals surface area contributed by atoms with E-state index in [4.69, 9.17) is 4.74 Å². The van der Waals surface area contributed by atoms with Crippen LogP contribution in [0.5, 0.6) is 0 Å². The number of hydrogen-bond donors (Lipinski definition) is 2. The lowest BCUT2D eigenvalue weighted by molar-refractivity contribution is -0.123. The van der Waals surface area contributed by atoms with Crippen molar-refractivity contribution < 1.29 is 9.53 Å². The van der Waals surface area contributed by atoms with E-state index in [0.29, 0.717) is 0 Å². The molecule has 2 aromatic rings. The molecule has 20 heavy (non-hydrogen) atoms. The lowest BCUT2D eigenvalue weighted by Crippen LogP contribution is -2.34. The van der Waals surface area contributed by atoms with Crippen LogP contribution in [0.2, 0.25) is 0 Å². The molecule has 0 radical (unpaired) electrons. The van der Waals surface area contributed by atoms with E-state index < -0.39 is 0 Å². The first-order valence-electron chi connectivity index (χ1n) is 6.91. The summed E-state index contributed by atoms with van der Waals surface area (Å²) in [6, 6.07) is 8.01. The second kappa shape index (κ2) is 6.35. The number of anilines is 1. The molecule has 0 bridgehead atoms. The highest BCUT2D eigenvalue weighted by molar-refractivity contribution is 7.17. The smallest absolute Gasteiger partial charge is 0.250 e. The largest absolute Gasteiger partial charge is 0.368 e. The topological polar surface area (TPSA) is 50.4 Å². The maximum Gasteiger partial charge on any atom is 0.250 e. The van der Waals surface area contributed by atoms with Crippen LogP contribution < -0.4 is 10.6 Å². The molecule has 0 saturated carbocycles. The Kier molecular flexibility index (Phi) is 4.30. The average molecular weight is 290 g/mol. The van der Waals surface area contributed by atoms with Gasteiger partial charge in [0.1, 0.15) is 6.61 Å². The van der Waals surface area contributed by atoms with Crippen LogP contribution in [0.1, 0.15) is 12.8 Å². The molecule has 1 amide bonds. The minimum Gasteiger partial charge on any atom is -0.368 e. The van der Waals surface area contributed by atoms with Gasteiger partial charge in [0.05, 0.1) is 6.10 Å². The minimum atomic E-state index is -0.0851. The summed E-state index contributed by atoms with van der Waals surface area (Å²) in [5.41, 5.74) is 0.829. The normalized spacial score (nSPS) is 16.4. The van der Waals surface area contributed by atoms with Gasteiger partial charge in [0.25, 0.3) is 0 Å². The standard InChI is InChI=1S/C15H18N2O2S/c18-15(10-19-13-3-6-16-7-4-13)17-12-1-2-14-11(9-12)5-8-20-14/h1-2,5,8-9,13,16H,3-4,6-7,10H2,(H,17,18). The quantitative estimate of drug-likeness (QED) is 0.910. The monoisotopic (exact) mass is 290 g/mol. The summed E-state index contributed by atoms with van der Waals surface area (Å²) in [4.78, 5) is 11.9. The molecular formula is C15H18N2O2S. The van der Waals surface area contributed by atoms with Gasteiger partial charge in [-0.1, -0.05) is 0 Å². The van der Waals surface area contributed by atoms with Crippen molar-refractivity contribution in [2.24, 2.45) is 0 Å². The Morgan fingerprint density at radius 3 is 3.05 bits per heavy atom. The third-order valence-corrected chi connectivity index (χ3v) is 4.37. The summed E-state index contributed by atoms with van der Waals surface area (Å²) < 4.78 is 6.87. The van der Waals surface area contributed by atoms with Crippen LogP contribution in [0.3, 0.4) is 0 Å². The molecule has 3 rings (SSSR count). The number of piperidine rings is 1. The predicted octanol–water partition coefficient (Wildman–Crippen LogP) is 2.61. The van der Waals surface area contributed by atoms with Crippen molar-refractivity contribution >= 4 is 33.0 Å². The minimum absolute atomic E-state index is 0.0851. The van der Waals surface area contributed by atoms with Crippen molar-refractivity contribution in [3.05, 3.63) is 29.6 Å². The van der Waals surface area contributed by atoms with Gasteiger partial charge in [0.2, 0.25) is 5.91 Å². The molecule has 1 fully saturated rings. The zero-order valence-electron chi connectivity index (χ0n) is 11.2. The highest BCUT2D eigenvalue weighted by atomic mass is 32.1. The summed E-state index contributed by atoms with van der Waals surface area (Å²) in [6.07, 6.45) is 2.17. The first kappa shape index (κ1) is 13.5. The molecule has 1 aliphatic heterocycles. The van der Waals surface area contributed by atoms with Crippen LogP contribution >= 0.6 is 11.3 Å². The van der Waals surface area contributed by atoms with E-state index in [-0.39, 0.29) is 18.6 Å². The molecule has 0 spiro atoms. The van der Waals surface area contributed by atoms with Gasteiger partial charge in [-0.3, -0.25) is 4.79 Å². The van der Waals surface area contributed by atoms with Crippen LogP contribution in [-0.4, -0.2) is 31.7 Å². The number of amides is 1. The molecule has 0 unspecified atom stereocenters. The van der Waals surface area contributed by atoms with Crippen LogP contribution in [0.25, 0.3) is 10.1 Å². The summed E-state index contributed by atoms with van der Waals surface area (Å²) in [5.74, 6) is -0.0851. The summed E-state index contributed by atoms with van der Waals surface area (Å²) in [7, 11) is 0. The number of benzene rings is 1. The predicted molar refractivity (Wildman–Crippen MR) is 82.3 cm³/mol. The average Bonchev–Trinajstić information content (AvgIpc) is 2.94. The van der Waals surface area contributed by atoms with Crippen molar-refractivity contribution in [1.29, 1.82) is 0 Å². The van der Waals surface area contributed by atoms with Crippen LogP contribution in [-0.2, 0) is 9.53 Å². The molecule has 1 saturated heterocycles. The number of rotatable bonds is 4. The molecule has 2 heterocycles. The van der Waals surface area contributed by atoms with E-state index in [9.17, 15) is 4.79 Å². The van der Waals surface area contributed by atoms with Gasteiger partial charge in [-0.05, 0) is 61.0 Å². The fourth-order valence-electron chi connectivity index (χ4n) is 2.40. The lowest BCUT2D eigenvalue weighted by Gasteiger charge is -2.22. The van der Waals surface area contributed by atoms with Gasteiger partial charge < -0.3 is 15.4 Å². The van der Waals surface area contributed by atoms with E-state index in [0.717, 1.165) is 37.0 Å². The second-order valence-corrected chi connectivity index (χ2v) is 5.93. The molecule has 1 aliphatic rings. The molecule has 1 aromatic heterocycles. The molecule has 106 valence electrons. The Hall–Kier alpha value is -1.43. The van der Waals surface area contributed by atoms with E-state index in [1.54, 1.807) is 11.3 Å². The van der Waals surface area contributed by atoms with Crippen LogP contribution in [0.4, 0.5) is 5.69 Å². The molecule has 1 aromatic carbocycles. The number of carbonyl (C=O) groups is 1. The zero-order valence-corrected chi connectivity index (χ0v) is 12.0. The maximum atomic E-state index is 11.9. The first-order valence-corrected chi connectivity index (χ1v) is 7.79. The third kappa shape index (κ3) is 3.36. The van der Waals surface area contributed by atoms with E-state index >= 15 is 0 Å². The molecule has 4 nitrogen and oxygen atoms in total. The number of hydrogen-bond acceptors (Lipinski definition) is 4. The number of ether oxygens (including phenoxy) is 1. The molecular weight excluding hydrogens is 272 g/mol. The second-order valence-electron chi connectivity index (χ2n) is 4.98. The van der Waals surface area contributed by atoms with Gasteiger partial charge >= 0.3 is 0 Å². The van der Waals surface area contributed by atoms with Crippen molar-refractivity contribution in [1.82, 2.24) is 5.32 Å². The fourth-order valence-corrected chi connectivity index (χ4v) is 3.17. The summed E-state index contributed by atoms with van der Waals surface area (Å²) in [5, 5.41) is 9.38. The van der Waals surface area contributed by atoms with Gasteiger partial charge in [-0.2, -0.15) is 0 Å². The molecule has 0 aliphatic carbocycles. The molecule has 2 N–H and O–H groups in total. The lowest BCUT2D eigenvalue weighted by atomic mass is 10.1. The van der Waals surface area contributed by atoms with Gasteiger partial charge in [-0.15, -0.1) is 11.3 Å². The fraction of sp³-hybridized carbons (Fsp3) is 0.400. The Morgan fingerprint density at radius 2 is 2.20 bits per heavy atom. The number of nitrogens with one attached hydrogen (secondary N) is 2. The SMILES string of the molecule is O=C(COC1CCNCC1)Nc1ccc2sccc2c1. The Balaban J connectivity index is 1.52. The van der Waals surface area contributed by atoms with Crippen molar-refractivity contribution in [3.8, 4) is 0 Å². The molecule has 5 heteroatoms. The Labute approximate surface area is 122 Å². The van der Waals surface area contributed by atoms with E-state index in [1.165, 1.54) is 4.70 Å². The number of carbonyl (C=O) groups excluding carboxylic acids is 1.